The number of benzene rings is 2. The van der Waals surface area contributed by atoms with E-state index >= 15 is 0 Å². The van der Waals surface area contributed by atoms with Gasteiger partial charge in [-0.3, -0.25) is 14.4 Å². The van der Waals surface area contributed by atoms with E-state index in [4.69, 9.17) is 33.0 Å². The second kappa shape index (κ2) is 10.6. The van der Waals surface area contributed by atoms with Crippen molar-refractivity contribution in [3.63, 3.8) is 0 Å². The summed E-state index contributed by atoms with van der Waals surface area (Å²) in [5.74, 6) is -2.27. The van der Waals surface area contributed by atoms with Crippen LogP contribution in [-0.4, -0.2) is 34.0 Å². The third-order valence-corrected chi connectivity index (χ3v) is 5.53. The van der Waals surface area contributed by atoms with Crippen LogP contribution in [0.1, 0.15) is 48.9 Å². The minimum Gasteiger partial charge on any atom is -0.507 e. The van der Waals surface area contributed by atoms with Crippen LogP contribution in [0.15, 0.2) is 30.3 Å². The van der Waals surface area contributed by atoms with Crippen LogP contribution in [0, 0.1) is 0 Å². The molecule has 1 aliphatic carbocycles. The number of carboxylic acids is 1. The Morgan fingerprint density at radius 3 is 2.31 bits per heavy atom. The summed E-state index contributed by atoms with van der Waals surface area (Å²) >= 11 is 12.5. The Balaban J connectivity index is 1.75. The first kappa shape index (κ1) is 23.7. The number of nitrogens with one attached hydrogen (secondary N) is 2. The molecule has 1 aliphatic rings. The first-order chi connectivity index (χ1) is 15.2. The average molecular weight is 481 g/mol. The van der Waals surface area contributed by atoms with E-state index in [1.54, 1.807) is 0 Å². The number of rotatable bonds is 7. The van der Waals surface area contributed by atoms with Gasteiger partial charge in [-0.1, -0.05) is 42.5 Å². The van der Waals surface area contributed by atoms with E-state index in [2.05, 4.69) is 10.6 Å². The fraction of sp³-hybridized carbons (Fsp3) is 0.318. The molecule has 170 valence electrons. The molecule has 0 aromatic heterocycles. The molecular weight excluding hydrogens is 459 g/mol. The van der Waals surface area contributed by atoms with Crippen molar-refractivity contribution < 1.29 is 29.3 Å². The molecule has 8 nitrogen and oxygen atoms in total. The van der Waals surface area contributed by atoms with Crippen molar-refractivity contribution in [3.8, 4) is 17.2 Å². The molecule has 0 aliphatic heterocycles. The van der Waals surface area contributed by atoms with Crippen LogP contribution in [0.25, 0.3) is 0 Å². The van der Waals surface area contributed by atoms with Gasteiger partial charge in [-0.15, -0.1) is 0 Å². The van der Waals surface area contributed by atoms with Gasteiger partial charge in [0.25, 0.3) is 5.91 Å². The third-order valence-electron chi connectivity index (χ3n) is 4.97. The highest BCUT2D eigenvalue weighted by atomic mass is 35.5. The Morgan fingerprint density at radius 2 is 1.69 bits per heavy atom. The zero-order chi connectivity index (χ0) is 23.3. The van der Waals surface area contributed by atoms with Gasteiger partial charge < -0.3 is 25.6 Å². The van der Waals surface area contributed by atoms with Gasteiger partial charge >= 0.3 is 5.97 Å². The summed E-state index contributed by atoms with van der Waals surface area (Å²) in [6, 6.07) is 6.99. The Bertz CT molecular complexity index is 1010. The van der Waals surface area contributed by atoms with Crippen molar-refractivity contribution in [2.45, 2.75) is 44.6 Å². The van der Waals surface area contributed by atoms with Crippen LogP contribution in [-0.2, 0) is 9.59 Å². The van der Waals surface area contributed by atoms with Crippen LogP contribution >= 0.6 is 23.2 Å². The zero-order valence-electron chi connectivity index (χ0n) is 17.0. The van der Waals surface area contributed by atoms with Crippen molar-refractivity contribution in [3.05, 3.63) is 45.9 Å². The molecule has 0 radical (unpaired) electrons. The minimum atomic E-state index is -1.27. The number of carbonyl (C=O) groups excluding carboxylic acids is 2. The van der Waals surface area contributed by atoms with Crippen molar-refractivity contribution >= 4 is 46.7 Å². The molecule has 3 rings (SSSR count). The predicted molar refractivity (Wildman–Crippen MR) is 120 cm³/mol. The normalized spacial score (nSPS) is 13.9. The van der Waals surface area contributed by atoms with Crippen molar-refractivity contribution in [2.24, 2.45) is 0 Å². The second-order valence-electron chi connectivity index (χ2n) is 7.48. The molecule has 0 bridgehead atoms. The summed E-state index contributed by atoms with van der Waals surface area (Å²) in [7, 11) is 0. The maximum Gasteiger partial charge on any atom is 0.312 e. The molecule has 2 amide bonds. The number of phenols is 1. The van der Waals surface area contributed by atoms with E-state index in [0.29, 0.717) is 0 Å². The largest absolute Gasteiger partial charge is 0.507 e. The summed E-state index contributed by atoms with van der Waals surface area (Å²) < 4.78 is 5.74. The summed E-state index contributed by atoms with van der Waals surface area (Å²) in [5.41, 5.74) is 0.273. The van der Waals surface area contributed by atoms with Gasteiger partial charge in [0.05, 0.1) is 15.6 Å². The number of ether oxygens (including phenoxy) is 1. The van der Waals surface area contributed by atoms with E-state index in [1.165, 1.54) is 30.3 Å². The number of amides is 2. The van der Waals surface area contributed by atoms with E-state index in [9.17, 15) is 19.5 Å². The zero-order valence-corrected chi connectivity index (χ0v) is 18.5. The van der Waals surface area contributed by atoms with Gasteiger partial charge in [-0.25, -0.2) is 0 Å². The van der Waals surface area contributed by atoms with Crippen molar-refractivity contribution in [1.29, 1.82) is 0 Å². The standard InChI is InChI=1S/C22H22Cl2N2O6/c23-16-8-13(25-19(28)11-20(29)30)9-17(24)21(16)32-14-6-7-18(27)15(10-14)22(31)26-12-4-2-1-3-5-12/h6-10,12,27H,1-5,11H2,(H,25,28)(H,26,31)(H,29,30). The number of hydrogen-bond acceptors (Lipinski definition) is 5. The van der Waals surface area contributed by atoms with Gasteiger partial charge in [0.1, 0.15) is 17.9 Å². The molecule has 2 aromatic rings. The van der Waals surface area contributed by atoms with E-state index < -0.39 is 24.2 Å². The number of hydrogen-bond donors (Lipinski definition) is 4. The highest BCUT2D eigenvalue weighted by Crippen LogP contribution is 2.39. The number of anilines is 1. The lowest BCUT2D eigenvalue weighted by Gasteiger charge is -2.23. The lowest BCUT2D eigenvalue weighted by atomic mass is 9.95. The molecule has 0 heterocycles. The second-order valence-corrected chi connectivity index (χ2v) is 8.29. The van der Waals surface area contributed by atoms with E-state index in [1.807, 2.05) is 0 Å². The number of aromatic hydroxyl groups is 1. The molecule has 2 aromatic carbocycles. The Morgan fingerprint density at radius 1 is 1.03 bits per heavy atom. The molecule has 1 fully saturated rings. The van der Waals surface area contributed by atoms with Gasteiger partial charge in [0, 0.05) is 11.7 Å². The number of carbonyl (C=O) groups is 3. The summed E-state index contributed by atoms with van der Waals surface area (Å²) in [6.45, 7) is 0. The highest BCUT2D eigenvalue weighted by Gasteiger charge is 2.20. The molecule has 4 N–H and O–H groups in total. The molecular formula is C22H22Cl2N2O6. The monoisotopic (exact) mass is 480 g/mol. The van der Waals surface area contributed by atoms with Crippen molar-refractivity contribution in [2.75, 3.05) is 5.32 Å². The number of carboxylic acid groups (broad SMARTS) is 1. The van der Waals surface area contributed by atoms with Crippen LogP contribution in [0.4, 0.5) is 5.69 Å². The lowest BCUT2D eigenvalue weighted by Crippen LogP contribution is -2.36. The third kappa shape index (κ3) is 6.27. The first-order valence-corrected chi connectivity index (χ1v) is 10.8. The quantitative estimate of drug-likeness (QED) is 0.414. The minimum absolute atomic E-state index is 0.0596. The molecule has 0 unspecified atom stereocenters. The Hall–Kier alpha value is -2.97. The summed E-state index contributed by atoms with van der Waals surface area (Å²) in [6.07, 6.45) is 4.39. The lowest BCUT2D eigenvalue weighted by molar-refractivity contribution is -0.139. The van der Waals surface area contributed by atoms with Crippen LogP contribution in [0.2, 0.25) is 10.0 Å². The SMILES string of the molecule is O=C(O)CC(=O)Nc1cc(Cl)c(Oc2ccc(O)c(C(=O)NC3CCCCC3)c2)c(Cl)c1. The number of aliphatic carboxylic acids is 1. The van der Waals surface area contributed by atoms with Crippen LogP contribution in [0.5, 0.6) is 17.2 Å². The molecule has 0 spiro atoms. The first-order valence-electron chi connectivity index (χ1n) is 10.1. The van der Waals surface area contributed by atoms with Gasteiger partial charge in [-0.05, 0) is 43.2 Å². The van der Waals surface area contributed by atoms with Gasteiger partial charge in [0.15, 0.2) is 5.75 Å². The Labute approximate surface area is 194 Å². The average Bonchev–Trinajstić information content (AvgIpc) is 2.72. The number of phenolic OH excluding ortho intramolecular Hbond substituents is 1. The molecule has 0 saturated heterocycles. The van der Waals surface area contributed by atoms with E-state index in [0.717, 1.165) is 32.1 Å². The van der Waals surface area contributed by atoms with Crippen LogP contribution < -0.4 is 15.4 Å². The maximum absolute atomic E-state index is 12.6. The Kier molecular flexibility index (Phi) is 7.82. The number of halogens is 2. The fourth-order valence-corrected chi connectivity index (χ4v) is 4.02. The molecule has 32 heavy (non-hydrogen) atoms. The van der Waals surface area contributed by atoms with Crippen LogP contribution in [0.3, 0.4) is 0 Å². The fourth-order valence-electron chi connectivity index (χ4n) is 3.46. The summed E-state index contributed by atoms with van der Waals surface area (Å²) in [5, 5.41) is 24.3. The smallest absolute Gasteiger partial charge is 0.312 e. The topological polar surface area (TPSA) is 125 Å². The van der Waals surface area contributed by atoms with Gasteiger partial charge in [0.2, 0.25) is 5.91 Å². The predicted octanol–water partition coefficient (Wildman–Crippen LogP) is 4.97. The van der Waals surface area contributed by atoms with Gasteiger partial charge in [-0.2, -0.15) is 0 Å². The van der Waals surface area contributed by atoms with Crippen molar-refractivity contribution in [1.82, 2.24) is 5.32 Å². The maximum atomic E-state index is 12.6. The molecule has 0 atom stereocenters. The molecule has 10 heteroatoms. The summed E-state index contributed by atoms with van der Waals surface area (Å²) in [4.78, 5) is 34.9. The molecule has 1 saturated carbocycles. The van der Waals surface area contributed by atoms with E-state index in [-0.39, 0.29) is 44.6 Å². The highest BCUT2D eigenvalue weighted by molar-refractivity contribution is 6.37.